The highest BCUT2D eigenvalue weighted by molar-refractivity contribution is 7.87. The van der Waals surface area contributed by atoms with Gasteiger partial charge in [-0.3, -0.25) is 33.4 Å². The number of hydrogen-bond donors (Lipinski definition) is 3. The first-order chi connectivity index (χ1) is 44.0. The van der Waals surface area contributed by atoms with Gasteiger partial charge in [0.15, 0.2) is 11.6 Å². The second-order valence-corrected chi connectivity index (χ2v) is 27.7. The Morgan fingerprint density at radius 1 is 0.380 bits per heavy atom. The molecule has 0 atom stereocenters. The predicted octanol–water partition coefficient (Wildman–Crippen LogP) is 9.52. The van der Waals surface area contributed by atoms with Gasteiger partial charge in [0.2, 0.25) is 0 Å². The Bertz CT molecular complexity index is 2470. The van der Waals surface area contributed by atoms with E-state index in [1.807, 2.05) is 0 Å². The van der Waals surface area contributed by atoms with Gasteiger partial charge in [-0.15, -0.1) is 0 Å². The molecule has 0 bridgehead atoms. The van der Waals surface area contributed by atoms with E-state index in [1.165, 1.54) is 24.3 Å². The molecule has 9 aliphatic rings. The molecule has 2 saturated heterocycles. The summed E-state index contributed by atoms with van der Waals surface area (Å²) in [6.07, 6.45) is 25.0. The van der Waals surface area contributed by atoms with Gasteiger partial charge >= 0.3 is 0 Å². The lowest BCUT2D eigenvalue weighted by Crippen LogP contribution is -2.37. The van der Waals surface area contributed by atoms with E-state index in [1.54, 1.807) is 42.7 Å². The van der Waals surface area contributed by atoms with Crippen LogP contribution in [-0.4, -0.2) is 196 Å². The van der Waals surface area contributed by atoms with E-state index >= 15 is 0 Å². The van der Waals surface area contributed by atoms with E-state index in [-0.39, 0.29) is 75.5 Å². The average Bonchev–Trinajstić information content (AvgIpc) is 1.79. The van der Waals surface area contributed by atoms with Gasteiger partial charge in [-0.05, 0) is 166 Å². The molecule has 526 valence electrons. The zero-order valence-corrected chi connectivity index (χ0v) is 56.4. The van der Waals surface area contributed by atoms with Crippen molar-refractivity contribution < 1.29 is 103 Å². The van der Waals surface area contributed by atoms with Crippen LogP contribution in [0.3, 0.4) is 0 Å². The topological polar surface area (TPSA) is 343 Å². The van der Waals surface area contributed by atoms with Crippen molar-refractivity contribution >= 4 is 37.4 Å². The number of ketones is 1. The highest BCUT2D eigenvalue weighted by atomic mass is 32.2. The second-order valence-electron chi connectivity index (χ2n) is 24.6. The number of ether oxygens (including phenoxy) is 10. The molecule has 0 unspecified atom stereocenters. The van der Waals surface area contributed by atoms with Crippen LogP contribution in [0.2, 0.25) is 0 Å². The van der Waals surface area contributed by atoms with Crippen LogP contribution in [0.15, 0.2) is 58.3 Å². The number of hydrogen-bond acceptors (Lipinski definition) is 24. The number of aliphatic hydroxyl groups is 3. The summed E-state index contributed by atoms with van der Waals surface area (Å²) in [5, 5.41) is 48.5. The minimum Gasteiger partial charge on any atom is -0.393 e. The second kappa shape index (κ2) is 40.7. The molecule has 28 heteroatoms. The van der Waals surface area contributed by atoms with Crippen LogP contribution in [0.4, 0.5) is 11.4 Å². The number of carbonyl (C=O) groups is 1. The number of Topliss-reactive ketones (excluding diaryl/α,β-unsaturated/α-hetero) is 1. The Labute approximate surface area is 543 Å². The lowest BCUT2D eigenvalue weighted by molar-refractivity contribution is -0.385. The summed E-state index contributed by atoms with van der Waals surface area (Å²) < 4.78 is 112. The van der Waals surface area contributed by atoms with E-state index in [0.29, 0.717) is 55.9 Å². The van der Waals surface area contributed by atoms with Gasteiger partial charge in [-0.1, -0.05) is 0 Å². The van der Waals surface area contributed by atoms with Crippen molar-refractivity contribution in [1.82, 2.24) is 0 Å². The van der Waals surface area contributed by atoms with Crippen LogP contribution < -0.4 is 0 Å². The fourth-order valence-corrected chi connectivity index (χ4v) is 14.5. The number of rotatable bonds is 14. The maximum absolute atomic E-state index is 12.1. The normalized spacial score (nSPS) is 28.1. The molecule has 0 amide bonds. The number of nitrogens with zero attached hydrogens (tertiary/aromatic N) is 2. The van der Waals surface area contributed by atoms with Crippen molar-refractivity contribution in [1.29, 1.82) is 0 Å². The summed E-state index contributed by atoms with van der Waals surface area (Å²) in [6.45, 7) is 2.96. The third-order valence-corrected chi connectivity index (χ3v) is 21.0. The van der Waals surface area contributed by atoms with E-state index in [9.17, 15) is 47.0 Å². The molecule has 92 heavy (non-hydrogen) atoms. The van der Waals surface area contributed by atoms with Gasteiger partial charge in [-0.25, -0.2) is 0 Å². The monoisotopic (exact) mass is 1350 g/mol. The molecule has 2 aromatic carbocycles. The van der Waals surface area contributed by atoms with Crippen molar-refractivity contribution in [3.8, 4) is 0 Å². The fourth-order valence-electron chi connectivity index (χ4n) is 12.3. The molecular formula is C64H104N2O24S2. The fraction of sp³-hybridized carbons (Fsp3) is 0.797. The SMILES string of the molecule is COC1CCC(=O)CC1.COC1CCC(O)CC1.COC1CCC(O)CC1.COC1CCC(OS(=O)(=O)c2ccc([N+](=O)[O-])cc2)CC1.COC1CCC(OS(=O)(=O)c2ccc([N+](=O)[O-])cc2)CC1.COC1CCC2(CC1)OCCO2.OC1CCC2(CC1)OCCO2. The third-order valence-electron chi connectivity index (χ3n) is 18.3. The molecule has 0 aromatic heterocycles. The summed E-state index contributed by atoms with van der Waals surface area (Å²) in [6, 6.07) is 9.36. The summed E-state index contributed by atoms with van der Waals surface area (Å²) in [5.41, 5.74) is -0.316. The number of carbonyl (C=O) groups excluding carboxylic acids is 1. The van der Waals surface area contributed by atoms with E-state index in [4.69, 9.17) is 65.9 Å². The lowest BCUT2D eigenvalue weighted by atomic mass is 9.92. The van der Waals surface area contributed by atoms with Crippen LogP contribution in [0.25, 0.3) is 0 Å². The van der Waals surface area contributed by atoms with Crippen LogP contribution >= 0.6 is 0 Å². The summed E-state index contributed by atoms with van der Waals surface area (Å²) >= 11 is 0. The highest BCUT2D eigenvalue weighted by Crippen LogP contribution is 2.38. The Hall–Kier alpha value is -3.79. The summed E-state index contributed by atoms with van der Waals surface area (Å²) in [7, 11) is 2.46. The molecule has 3 N–H and O–H groups in total. The Morgan fingerprint density at radius 3 is 0.902 bits per heavy atom. The maximum Gasteiger partial charge on any atom is 0.297 e. The lowest BCUT2D eigenvalue weighted by Gasteiger charge is -2.34. The van der Waals surface area contributed by atoms with Crippen molar-refractivity contribution in [3.05, 3.63) is 68.8 Å². The van der Waals surface area contributed by atoms with Gasteiger partial charge in [0.1, 0.15) is 5.78 Å². The highest BCUT2D eigenvalue weighted by Gasteiger charge is 2.41. The molecule has 2 heterocycles. The van der Waals surface area contributed by atoms with Gasteiger partial charge in [-0.2, -0.15) is 16.8 Å². The standard InChI is InChI=1S/2C13H17NO6S.C9H16O3.C8H14O3.2C7H14O2.C7H12O2/c2*1-19-11-4-6-12(7-5-11)20-21(17,18)13-8-2-10(3-9-13)14(15)16;1-10-8-2-4-9(5-3-8)11-6-7-12-9;9-7-1-3-8(4-2-7)10-5-6-11-8;3*1-9-7-4-2-6(8)3-5-7/h2*2-3,8-9,11-12H,4-7H2,1H3;8H,2-7H2,1H3;7,9H,1-6H2;2*6-8H,2-5H2,1H3;7H,2-5H2,1H3. The van der Waals surface area contributed by atoms with E-state index < -0.39 is 30.1 Å². The number of aliphatic hydroxyl groups excluding tert-OH is 3. The molecule has 0 radical (unpaired) electrons. The van der Waals surface area contributed by atoms with Crippen LogP contribution in [0.5, 0.6) is 0 Å². The number of non-ortho nitro benzene ring substituents is 2. The largest absolute Gasteiger partial charge is 0.393 e. The third kappa shape index (κ3) is 27.7. The van der Waals surface area contributed by atoms with Gasteiger partial charge < -0.3 is 62.7 Å². The zero-order valence-electron chi connectivity index (χ0n) is 54.7. The van der Waals surface area contributed by atoms with Crippen LogP contribution in [0, 0.1) is 20.2 Å². The Kier molecular flexibility index (Phi) is 34.9. The van der Waals surface area contributed by atoms with E-state index in [2.05, 4.69) is 0 Å². The number of benzene rings is 2. The first-order valence-electron chi connectivity index (χ1n) is 32.6. The molecular weight excluding hydrogens is 1240 g/mol. The van der Waals surface area contributed by atoms with E-state index in [0.717, 1.165) is 205 Å². The number of methoxy groups -OCH3 is 6. The first kappa shape index (κ1) is 78.9. The van der Waals surface area contributed by atoms with Crippen molar-refractivity contribution in [2.24, 2.45) is 0 Å². The van der Waals surface area contributed by atoms with Crippen molar-refractivity contribution in [2.45, 2.75) is 268 Å². The predicted molar refractivity (Wildman–Crippen MR) is 337 cm³/mol. The average molecular weight is 1350 g/mol. The summed E-state index contributed by atoms with van der Waals surface area (Å²) in [5.74, 6) is -0.142. The number of nitro groups is 2. The molecule has 9 fully saturated rings. The molecule has 2 aromatic rings. The van der Waals surface area contributed by atoms with Gasteiger partial charge in [0.25, 0.3) is 31.6 Å². The quantitative estimate of drug-likeness (QED) is 0.0900. The molecule has 7 aliphatic carbocycles. The first-order valence-corrected chi connectivity index (χ1v) is 35.4. The van der Waals surface area contributed by atoms with Gasteiger partial charge in [0, 0.05) is 105 Å². The number of nitro benzene ring substituents is 2. The maximum atomic E-state index is 12.1. The summed E-state index contributed by atoms with van der Waals surface area (Å²) in [4.78, 5) is 30.5. The minimum atomic E-state index is -3.89. The zero-order chi connectivity index (χ0) is 67.2. The van der Waals surface area contributed by atoms with Gasteiger partial charge in [0.05, 0.1) is 113 Å². The Balaban J connectivity index is 0.000000201. The molecule has 11 rings (SSSR count). The molecule has 26 nitrogen and oxygen atoms in total. The smallest absolute Gasteiger partial charge is 0.297 e. The van der Waals surface area contributed by atoms with Crippen LogP contribution in [-0.2, 0) is 80.8 Å². The van der Waals surface area contributed by atoms with Crippen molar-refractivity contribution in [2.75, 3.05) is 69.1 Å². The molecule has 2 spiro atoms. The minimum absolute atomic E-state index is 0.0589. The molecule has 7 saturated carbocycles. The molecule has 2 aliphatic heterocycles. The Morgan fingerprint density at radius 2 is 0.620 bits per heavy atom. The van der Waals surface area contributed by atoms with Crippen molar-refractivity contribution in [3.63, 3.8) is 0 Å². The van der Waals surface area contributed by atoms with Crippen LogP contribution in [0.1, 0.15) is 180 Å².